The number of allylic oxidation sites excluding steroid dienone is 1. The van der Waals surface area contributed by atoms with E-state index in [4.69, 9.17) is 5.84 Å². The SMILES string of the molecule is CC(=O)c1sc(C2C(=O)NC=C(Nc3ccccc3)C2=NN)nc1C. The van der Waals surface area contributed by atoms with E-state index < -0.39 is 5.92 Å². The van der Waals surface area contributed by atoms with Crippen molar-refractivity contribution in [2.75, 3.05) is 5.32 Å². The Morgan fingerprint density at radius 3 is 2.68 bits per heavy atom. The number of hydrogen-bond donors (Lipinski definition) is 3. The second-order valence-corrected chi connectivity index (χ2v) is 6.56. The van der Waals surface area contributed by atoms with Crippen molar-refractivity contribution in [3.63, 3.8) is 0 Å². The molecule has 2 aromatic rings. The summed E-state index contributed by atoms with van der Waals surface area (Å²) >= 11 is 1.19. The zero-order valence-corrected chi connectivity index (χ0v) is 14.6. The first-order valence-electron chi connectivity index (χ1n) is 7.60. The molecule has 0 saturated carbocycles. The highest BCUT2D eigenvalue weighted by atomic mass is 32.1. The number of carbonyl (C=O) groups is 2. The van der Waals surface area contributed by atoms with Gasteiger partial charge in [0.05, 0.1) is 16.3 Å². The maximum absolute atomic E-state index is 12.4. The Morgan fingerprint density at radius 1 is 1.36 bits per heavy atom. The van der Waals surface area contributed by atoms with E-state index in [0.29, 0.717) is 27.0 Å². The molecule has 0 radical (unpaired) electrons. The molecule has 0 fully saturated rings. The average Bonchev–Trinajstić information content (AvgIpc) is 2.98. The number of carbonyl (C=O) groups excluding carboxylic acids is 2. The minimum atomic E-state index is -0.766. The summed E-state index contributed by atoms with van der Waals surface area (Å²) < 4.78 is 0. The number of nitrogens with two attached hydrogens (primary N) is 1. The molecule has 1 aliphatic heterocycles. The molecule has 0 saturated heterocycles. The zero-order valence-electron chi connectivity index (χ0n) is 13.7. The first-order chi connectivity index (χ1) is 12.0. The van der Waals surface area contributed by atoms with Gasteiger partial charge < -0.3 is 16.5 Å². The van der Waals surface area contributed by atoms with E-state index in [2.05, 4.69) is 20.7 Å². The number of benzene rings is 1. The van der Waals surface area contributed by atoms with Crippen LogP contribution < -0.4 is 16.5 Å². The van der Waals surface area contributed by atoms with E-state index in [-0.39, 0.29) is 11.7 Å². The first kappa shape index (κ1) is 16.8. The van der Waals surface area contributed by atoms with E-state index in [1.54, 1.807) is 6.92 Å². The highest BCUT2D eigenvalue weighted by molar-refractivity contribution is 7.14. The van der Waals surface area contributed by atoms with Gasteiger partial charge in [0.2, 0.25) is 5.91 Å². The van der Waals surface area contributed by atoms with Crippen LogP contribution in [0.15, 0.2) is 47.3 Å². The van der Waals surface area contributed by atoms with Gasteiger partial charge in [-0.05, 0) is 19.1 Å². The van der Waals surface area contributed by atoms with Crippen LogP contribution >= 0.6 is 11.3 Å². The summed E-state index contributed by atoms with van der Waals surface area (Å²) in [4.78, 5) is 29.0. The topological polar surface area (TPSA) is 109 Å². The number of nitrogens with zero attached hydrogens (tertiary/aromatic N) is 2. The Morgan fingerprint density at radius 2 is 2.08 bits per heavy atom. The molecule has 1 aliphatic rings. The average molecular weight is 355 g/mol. The summed E-state index contributed by atoms with van der Waals surface area (Å²) in [6, 6.07) is 9.48. The summed E-state index contributed by atoms with van der Waals surface area (Å²) in [5.74, 6) is 4.45. The quantitative estimate of drug-likeness (QED) is 0.442. The lowest BCUT2D eigenvalue weighted by molar-refractivity contribution is -0.120. The maximum Gasteiger partial charge on any atom is 0.240 e. The van der Waals surface area contributed by atoms with Crippen molar-refractivity contribution >= 4 is 34.4 Å². The highest BCUT2D eigenvalue weighted by Gasteiger charge is 2.35. The third-order valence-electron chi connectivity index (χ3n) is 3.74. The molecule has 25 heavy (non-hydrogen) atoms. The summed E-state index contributed by atoms with van der Waals surface area (Å²) in [7, 11) is 0. The van der Waals surface area contributed by atoms with Crippen LogP contribution in [0.1, 0.15) is 33.2 Å². The van der Waals surface area contributed by atoms with Gasteiger partial charge in [-0.2, -0.15) is 5.10 Å². The van der Waals surface area contributed by atoms with Crippen LogP contribution in [0.2, 0.25) is 0 Å². The van der Waals surface area contributed by atoms with Crippen molar-refractivity contribution in [2.45, 2.75) is 19.8 Å². The minimum Gasteiger partial charge on any atom is -0.353 e. The largest absolute Gasteiger partial charge is 0.353 e. The molecule has 0 bridgehead atoms. The van der Waals surface area contributed by atoms with Crippen molar-refractivity contribution in [1.82, 2.24) is 10.3 Å². The Bertz CT molecular complexity index is 886. The highest BCUT2D eigenvalue weighted by Crippen LogP contribution is 2.30. The van der Waals surface area contributed by atoms with Gasteiger partial charge in [-0.25, -0.2) is 4.98 Å². The van der Waals surface area contributed by atoms with Crippen LogP contribution in [0.5, 0.6) is 0 Å². The summed E-state index contributed by atoms with van der Waals surface area (Å²) in [6.07, 6.45) is 1.53. The van der Waals surface area contributed by atoms with Crippen molar-refractivity contribution < 1.29 is 9.59 Å². The van der Waals surface area contributed by atoms with E-state index >= 15 is 0 Å². The van der Waals surface area contributed by atoms with Crippen molar-refractivity contribution in [1.29, 1.82) is 0 Å². The van der Waals surface area contributed by atoms with E-state index in [9.17, 15) is 9.59 Å². The molecule has 1 aromatic heterocycles. The van der Waals surface area contributed by atoms with Crippen LogP contribution in [-0.2, 0) is 4.79 Å². The smallest absolute Gasteiger partial charge is 0.240 e. The van der Waals surface area contributed by atoms with Crippen molar-refractivity contribution in [3.8, 4) is 0 Å². The van der Waals surface area contributed by atoms with Gasteiger partial charge in [0.15, 0.2) is 5.78 Å². The van der Waals surface area contributed by atoms with E-state index in [1.807, 2.05) is 30.3 Å². The number of amides is 1. The Kier molecular flexibility index (Phi) is 4.62. The number of rotatable bonds is 4. The predicted molar refractivity (Wildman–Crippen MR) is 97.5 cm³/mol. The lowest BCUT2D eigenvalue weighted by Gasteiger charge is -2.23. The molecular formula is C17H17N5O2S. The monoisotopic (exact) mass is 355 g/mol. The minimum absolute atomic E-state index is 0.0816. The van der Waals surface area contributed by atoms with Gasteiger partial charge in [-0.3, -0.25) is 9.59 Å². The molecule has 0 spiro atoms. The predicted octanol–water partition coefficient (Wildman–Crippen LogP) is 2.14. The maximum atomic E-state index is 12.4. The summed E-state index contributed by atoms with van der Waals surface area (Å²) in [5, 5.41) is 10.2. The summed E-state index contributed by atoms with van der Waals surface area (Å²) in [5.41, 5.74) is 2.39. The molecule has 1 amide bonds. The van der Waals surface area contributed by atoms with Crippen LogP contribution in [0.4, 0.5) is 5.69 Å². The zero-order chi connectivity index (χ0) is 18.0. The fourth-order valence-corrected chi connectivity index (χ4v) is 3.66. The first-order valence-corrected chi connectivity index (χ1v) is 8.42. The normalized spacial score (nSPS) is 18.6. The van der Waals surface area contributed by atoms with Crippen LogP contribution in [0, 0.1) is 6.92 Å². The Balaban J connectivity index is 1.97. The lowest BCUT2D eigenvalue weighted by atomic mass is 9.97. The van der Waals surface area contributed by atoms with Crippen LogP contribution in [-0.4, -0.2) is 22.4 Å². The summed E-state index contributed by atoms with van der Waals surface area (Å²) in [6.45, 7) is 3.22. The number of aryl methyl sites for hydroxylation is 1. The molecule has 1 aromatic carbocycles. The number of thiazole rings is 1. The molecule has 8 heteroatoms. The van der Waals surface area contributed by atoms with Gasteiger partial charge in [-0.15, -0.1) is 11.3 Å². The number of Topliss-reactive ketones (excluding diaryl/α,β-unsaturated/α-hetero) is 1. The van der Waals surface area contributed by atoms with Gasteiger partial charge in [0.25, 0.3) is 0 Å². The van der Waals surface area contributed by atoms with Gasteiger partial charge in [0, 0.05) is 18.8 Å². The molecule has 0 aliphatic carbocycles. The molecule has 2 heterocycles. The van der Waals surface area contributed by atoms with Gasteiger partial charge in [0.1, 0.15) is 16.6 Å². The number of hydrazone groups is 1. The molecular weight excluding hydrogens is 338 g/mol. The van der Waals surface area contributed by atoms with E-state index in [1.165, 1.54) is 24.5 Å². The fourth-order valence-electron chi connectivity index (χ4n) is 2.60. The van der Waals surface area contributed by atoms with E-state index in [0.717, 1.165) is 5.69 Å². The molecule has 1 unspecified atom stereocenters. The second-order valence-electron chi connectivity index (χ2n) is 5.53. The number of ketones is 1. The number of nitrogens with one attached hydrogen (secondary N) is 2. The van der Waals surface area contributed by atoms with Crippen LogP contribution in [0.3, 0.4) is 0 Å². The molecule has 1 atom stereocenters. The third-order valence-corrected chi connectivity index (χ3v) is 5.07. The standard InChI is InChI=1S/C17H17N5O2S/c1-9-15(10(2)23)25-17(20-9)13-14(22-18)12(8-19-16(13)24)21-11-6-4-3-5-7-11/h3-8,13,21H,18H2,1-2H3,(H,19,24). The molecule has 128 valence electrons. The third kappa shape index (κ3) is 3.29. The molecule has 4 N–H and O–H groups in total. The number of anilines is 1. The number of aromatic nitrogens is 1. The number of hydrogen-bond acceptors (Lipinski definition) is 7. The van der Waals surface area contributed by atoms with Gasteiger partial charge in [-0.1, -0.05) is 18.2 Å². The van der Waals surface area contributed by atoms with Crippen molar-refractivity contribution in [3.05, 3.63) is 57.8 Å². The second kappa shape index (κ2) is 6.86. The van der Waals surface area contributed by atoms with Crippen molar-refractivity contribution in [2.24, 2.45) is 10.9 Å². The molecule has 7 nitrogen and oxygen atoms in total. The van der Waals surface area contributed by atoms with Gasteiger partial charge >= 0.3 is 0 Å². The lowest BCUT2D eigenvalue weighted by Crippen LogP contribution is -2.39. The van der Waals surface area contributed by atoms with Crippen LogP contribution in [0.25, 0.3) is 0 Å². The Hall–Kier alpha value is -3.00. The number of para-hydroxylation sites is 1. The molecule has 3 rings (SSSR count). The fraction of sp³-hybridized carbons (Fsp3) is 0.176. The Labute approximate surface area is 148 Å².